The molecule has 1 aromatic rings. The SMILES string of the molecule is COC(=O)C1(C(=O)OC)CC(/N=C/c2ccccc2)ON(C2=CCC=CC=C2)C1C. The van der Waals surface area contributed by atoms with E-state index in [0.29, 0.717) is 6.42 Å². The molecule has 7 heteroatoms. The summed E-state index contributed by atoms with van der Waals surface area (Å²) in [5, 5.41) is 1.56. The van der Waals surface area contributed by atoms with Crippen LogP contribution in [0.15, 0.2) is 71.4 Å². The maximum Gasteiger partial charge on any atom is 0.325 e. The molecule has 0 aromatic heterocycles. The van der Waals surface area contributed by atoms with E-state index in [-0.39, 0.29) is 6.42 Å². The predicted octanol–water partition coefficient (Wildman–Crippen LogP) is 3.19. The number of allylic oxidation sites excluding steroid dienone is 5. The van der Waals surface area contributed by atoms with Gasteiger partial charge in [-0.05, 0) is 25.0 Å². The molecule has 1 aromatic carbocycles. The van der Waals surface area contributed by atoms with Gasteiger partial charge in [-0.15, -0.1) is 0 Å². The number of methoxy groups -OCH3 is 2. The van der Waals surface area contributed by atoms with E-state index < -0.39 is 29.6 Å². The Labute approximate surface area is 176 Å². The molecule has 3 rings (SSSR count). The zero-order valence-electron chi connectivity index (χ0n) is 17.4. The third kappa shape index (κ3) is 4.21. The minimum atomic E-state index is -1.59. The topological polar surface area (TPSA) is 77.4 Å². The van der Waals surface area contributed by atoms with Gasteiger partial charge in [-0.3, -0.25) is 14.6 Å². The molecular weight excluding hydrogens is 384 g/mol. The van der Waals surface area contributed by atoms with Crippen molar-refractivity contribution in [3.63, 3.8) is 0 Å². The second-order valence-electron chi connectivity index (χ2n) is 7.06. The van der Waals surface area contributed by atoms with Crippen LogP contribution in [0.5, 0.6) is 0 Å². The van der Waals surface area contributed by atoms with Crippen molar-refractivity contribution in [1.29, 1.82) is 0 Å². The lowest BCUT2D eigenvalue weighted by atomic mass is 9.75. The van der Waals surface area contributed by atoms with Crippen LogP contribution >= 0.6 is 0 Å². The highest BCUT2D eigenvalue weighted by Crippen LogP contribution is 2.42. The van der Waals surface area contributed by atoms with Crippen LogP contribution in [-0.2, 0) is 23.9 Å². The standard InChI is InChI=1S/C23H26N2O5/c1-17-23(21(26)28-2,22(27)29-3)15-20(24-16-18-11-7-6-8-12-18)30-25(17)19-13-9-4-5-10-14-19/h4-9,11-14,16-17,20H,10,15H2,1-3H3/b24-16+. The number of benzene rings is 1. The normalized spacial score (nSPS) is 23.0. The lowest BCUT2D eigenvalue weighted by Crippen LogP contribution is -2.61. The molecule has 1 aliphatic carbocycles. The molecule has 0 bridgehead atoms. The van der Waals surface area contributed by atoms with Gasteiger partial charge >= 0.3 is 11.9 Å². The molecule has 2 atom stereocenters. The summed E-state index contributed by atoms with van der Waals surface area (Å²) in [6.45, 7) is 1.75. The Hall–Kier alpha value is -3.19. The number of hydrogen-bond donors (Lipinski definition) is 0. The molecule has 2 aliphatic rings. The van der Waals surface area contributed by atoms with E-state index in [1.165, 1.54) is 14.2 Å². The molecule has 158 valence electrons. The van der Waals surface area contributed by atoms with Crippen molar-refractivity contribution in [1.82, 2.24) is 5.06 Å². The number of hydrogen-bond acceptors (Lipinski definition) is 7. The summed E-state index contributed by atoms with van der Waals surface area (Å²) >= 11 is 0. The molecule has 1 fully saturated rings. The fourth-order valence-electron chi connectivity index (χ4n) is 3.67. The maximum absolute atomic E-state index is 12.9. The van der Waals surface area contributed by atoms with Crippen LogP contribution < -0.4 is 0 Å². The largest absolute Gasteiger partial charge is 0.468 e. The number of carbonyl (C=O) groups excluding carboxylic acids is 2. The number of esters is 2. The number of carbonyl (C=O) groups is 2. The van der Waals surface area contributed by atoms with E-state index in [4.69, 9.17) is 14.3 Å². The van der Waals surface area contributed by atoms with Gasteiger partial charge in [0.25, 0.3) is 0 Å². The number of nitrogens with zero attached hydrogens (tertiary/aromatic N) is 2. The summed E-state index contributed by atoms with van der Waals surface area (Å²) in [6.07, 6.45) is 11.2. The molecule has 30 heavy (non-hydrogen) atoms. The first-order valence-corrected chi connectivity index (χ1v) is 9.77. The van der Waals surface area contributed by atoms with Gasteiger partial charge in [-0.25, -0.2) is 9.90 Å². The highest BCUT2D eigenvalue weighted by atomic mass is 16.7. The van der Waals surface area contributed by atoms with Crippen molar-refractivity contribution in [3.8, 4) is 0 Å². The molecule has 0 spiro atoms. The van der Waals surface area contributed by atoms with E-state index in [1.54, 1.807) is 18.2 Å². The summed E-state index contributed by atoms with van der Waals surface area (Å²) in [4.78, 5) is 36.5. The highest BCUT2D eigenvalue weighted by Gasteiger charge is 2.60. The molecule has 0 saturated carbocycles. The molecule has 1 saturated heterocycles. The van der Waals surface area contributed by atoms with Gasteiger partial charge < -0.3 is 9.47 Å². The Bertz CT molecular complexity index is 872. The lowest BCUT2D eigenvalue weighted by molar-refractivity contribution is -0.259. The predicted molar refractivity (Wildman–Crippen MR) is 112 cm³/mol. The molecule has 0 N–H and O–H groups in total. The molecular formula is C23H26N2O5. The van der Waals surface area contributed by atoms with E-state index >= 15 is 0 Å². The lowest BCUT2D eigenvalue weighted by Gasteiger charge is -2.46. The van der Waals surface area contributed by atoms with Crippen LogP contribution in [0.2, 0.25) is 0 Å². The maximum atomic E-state index is 12.9. The van der Waals surface area contributed by atoms with Gasteiger partial charge in [-0.1, -0.05) is 54.6 Å². The fourth-order valence-corrected chi connectivity index (χ4v) is 3.67. The molecule has 7 nitrogen and oxygen atoms in total. The highest BCUT2D eigenvalue weighted by molar-refractivity contribution is 6.01. The Morgan fingerprint density at radius 1 is 1.17 bits per heavy atom. The van der Waals surface area contributed by atoms with Crippen LogP contribution in [0.4, 0.5) is 0 Å². The number of hydroxylamine groups is 2. The van der Waals surface area contributed by atoms with E-state index in [1.807, 2.05) is 60.7 Å². The van der Waals surface area contributed by atoms with Crippen LogP contribution in [0.25, 0.3) is 0 Å². The summed E-state index contributed by atoms with van der Waals surface area (Å²) in [5.41, 5.74) is 0.0181. The van der Waals surface area contributed by atoms with Crippen molar-refractivity contribution in [2.24, 2.45) is 10.4 Å². The average molecular weight is 410 g/mol. The Morgan fingerprint density at radius 3 is 2.53 bits per heavy atom. The minimum absolute atomic E-state index is 0.00257. The first-order chi connectivity index (χ1) is 14.5. The van der Waals surface area contributed by atoms with Crippen LogP contribution in [-0.4, -0.2) is 49.7 Å². The summed E-state index contributed by atoms with van der Waals surface area (Å²) in [6, 6.07) is 8.86. The quantitative estimate of drug-likeness (QED) is 0.422. The van der Waals surface area contributed by atoms with Crippen LogP contribution in [0.3, 0.4) is 0 Å². The van der Waals surface area contributed by atoms with Crippen molar-refractivity contribution in [3.05, 3.63) is 72.0 Å². The third-order valence-electron chi connectivity index (χ3n) is 5.32. The molecule has 0 amide bonds. The first kappa shape index (κ1) is 21.5. The Kier molecular flexibility index (Phi) is 6.84. The Balaban J connectivity index is 2.02. The average Bonchev–Trinajstić information content (AvgIpc) is 3.07. The van der Waals surface area contributed by atoms with Gasteiger partial charge in [0.2, 0.25) is 0 Å². The summed E-state index contributed by atoms with van der Waals surface area (Å²) in [7, 11) is 2.52. The molecule has 1 heterocycles. The van der Waals surface area contributed by atoms with Gasteiger partial charge in [0.15, 0.2) is 11.6 Å². The number of rotatable bonds is 5. The third-order valence-corrected chi connectivity index (χ3v) is 5.32. The smallest absolute Gasteiger partial charge is 0.325 e. The number of aliphatic imine (C=N–C) groups is 1. The molecule has 1 aliphatic heterocycles. The molecule has 2 unspecified atom stereocenters. The zero-order valence-corrected chi connectivity index (χ0v) is 17.4. The van der Waals surface area contributed by atoms with Gasteiger partial charge in [0, 0.05) is 12.6 Å². The number of ether oxygens (including phenoxy) is 2. The van der Waals surface area contributed by atoms with E-state index in [2.05, 4.69) is 4.99 Å². The zero-order chi connectivity index (χ0) is 21.6. The fraction of sp³-hybridized carbons (Fsp3) is 0.348. The van der Waals surface area contributed by atoms with Crippen molar-refractivity contribution < 1.29 is 23.9 Å². The van der Waals surface area contributed by atoms with Crippen molar-refractivity contribution in [2.75, 3.05) is 14.2 Å². The van der Waals surface area contributed by atoms with Gasteiger partial charge in [0.1, 0.15) is 0 Å². The van der Waals surface area contributed by atoms with Gasteiger partial charge in [0.05, 0.1) is 26.0 Å². The molecule has 0 radical (unpaired) electrons. The van der Waals surface area contributed by atoms with Crippen molar-refractivity contribution >= 4 is 18.2 Å². The van der Waals surface area contributed by atoms with Crippen molar-refractivity contribution in [2.45, 2.75) is 32.0 Å². The minimum Gasteiger partial charge on any atom is -0.468 e. The van der Waals surface area contributed by atoms with Gasteiger partial charge in [-0.2, -0.15) is 0 Å². The van der Waals surface area contributed by atoms with Crippen LogP contribution in [0, 0.1) is 5.41 Å². The van der Waals surface area contributed by atoms with E-state index in [9.17, 15) is 9.59 Å². The van der Waals surface area contributed by atoms with E-state index in [0.717, 1.165) is 11.3 Å². The summed E-state index contributed by atoms with van der Waals surface area (Å²) in [5.74, 6) is -1.35. The first-order valence-electron chi connectivity index (χ1n) is 9.77. The monoisotopic (exact) mass is 410 g/mol. The second kappa shape index (κ2) is 9.54. The van der Waals surface area contributed by atoms with Crippen LogP contribution in [0.1, 0.15) is 25.3 Å². The summed E-state index contributed by atoms with van der Waals surface area (Å²) < 4.78 is 10.1. The Morgan fingerprint density at radius 2 is 1.87 bits per heavy atom. The second-order valence-corrected chi connectivity index (χ2v) is 7.06.